The molecule has 0 aromatic heterocycles. The highest BCUT2D eigenvalue weighted by Gasteiger charge is 2.20. The van der Waals surface area contributed by atoms with E-state index in [1.54, 1.807) is 6.92 Å². The molecule has 1 atom stereocenters. The minimum absolute atomic E-state index is 0.0884. The maximum absolute atomic E-state index is 12.2. The van der Waals surface area contributed by atoms with Gasteiger partial charge >= 0.3 is 0 Å². The number of primary amides is 1. The number of carboxylic acid groups (broad SMARTS) is 1. The second-order valence-electron chi connectivity index (χ2n) is 4.93. The van der Waals surface area contributed by atoms with Gasteiger partial charge in [-0.15, -0.1) is 0 Å². The molecule has 124 valence electrons. The van der Waals surface area contributed by atoms with Gasteiger partial charge in [0.05, 0.1) is 11.8 Å². The molecule has 1 aromatic carbocycles. The average molecular weight is 319 g/mol. The number of aromatic carboxylic acids is 1. The highest BCUT2D eigenvalue weighted by Crippen LogP contribution is 2.09. The van der Waals surface area contributed by atoms with Gasteiger partial charge in [-0.05, 0) is 25.8 Å². The van der Waals surface area contributed by atoms with Gasteiger partial charge < -0.3 is 26.7 Å². The number of hydrogen-bond acceptors (Lipinski definition) is 5. The molecule has 23 heavy (non-hydrogen) atoms. The SMILES string of the molecule is CC(N)=NCCC[C@H](NC(=O)c1ccccc1C(=O)[O-])C(N)=O. The van der Waals surface area contributed by atoms with Crippen molar-refractivity contribution in [2.45, 2.75) is 25.8 Å². The van der Waals surface area contributed by atoms with Crippen molar-refractivity contribution in [2.24, 2.45) is 16.5 Å². The number of nitrogens with zero attached hydrogens (tertiary/aromatic N) is 1. The van der Waals surface area contributed by atoms with Crippen LogP contribution in [0.1, 0.15) is 40.5 Å². The van der Waals surface area contributed by atoms with Crippen LogP contribution in [0.2, 0.25) is 0 Å². The van der Waals surface area contributed by atoms with E-state index in [-0.39, 0.29) is 17.5 Å². The summed E-state index contributed by atoms with van der Waals surface area (Å²) in [6.45, 7) is 2.04. The number of aliphatic imine (C=N–C) groups is 1. The maximum atomic E-state index is 12.2. The van der Waals surface area contributed by atoms with Crippen LogP contribution in [0.15, 0.2) is 29.3 Å². The van der Waals surface area contributed by atoms with Crippen molar-refractivity contribution in [3.63, 3.8) is 0 Å². The molecule has 0 saturated heterocycles. The normalized spacial score (nSPS) is 12.5. The van der Waals surface area contributed by atoms with E-state index in [1.807, 2.05) is 0 Å². The average Bonchev–Trinajstić information content (AvgIpc) is 2.49. The molecule has 0 fully saturated rings. The van der Waals surface area contributed by atoms with E-state index < -0.39 is 23.8 Å². The molecule has 1 aromatic rings. The molecular weight excluding hydrogens is 300 g/mol. The number of benzene rings is 1. The number of nitrogens with one attached hydrogen (secondary N) is 1. The van der Waals surface area contributed by atoms with Gasteiger partial charge in [-0.2, -0.15) is 0 Å². The first-order valence-corrected chi connectivity index (χ1v) is 7.00. The number of hydrogen-bond donors (Lipinski definition) is 3. The quantitative estimate of drug-likeness (QED) is 0.312. The van der Waals surface area contributed by atoms with Crippen molar-refractivity contribution in [3.05, 3.63) is 35.4 Å². The number of amides is 2. The predicted octanol–water partition coefficient (Wildman–Crippen LogP) is -1.21. The summed E-state index contributed by atoms with van der Waals surface area (Å²) in [6, 6.07) is 4.65. The highest BCUT2D eigenvalue weighted by molar-refractivity contribution is 6.05. The zero-order chi connectivity index (χ0) is 17.4. The molecule has 0 heterocycles. The van der Waals surface area contributed by atoms with Gasteiger partial charge in [0.2, 0.25) is 5.91 Å². The van der Waals surface area contributed by atoms with Crippen LogP contribution in [0.3, 0.4) is 0 Å². The summed E-state index contributed by atoms with van der Waals surface area (Å²) in [4.78, 5) is 38.6. The van der Waals surface area contributed by atoms with E-state index in [0.29, 0.717) is 18.8 Å². The standard InChI is InChI=1S/C15H20N4O4/c1-9(16)18-8-4-7-12(13(17)20)19-14(21)10-5-2-3-6-11(10)15(22)23/h2-3,5-6,12H,4,7-8H2,1H3,(H2,16,18)(H2,17,20)(H,19,21)(H,22,23)/p-1/t12-/m0/s1. The fourth-order valence-electron chi connectivity index (χ4n) is 1.93. The van der Waals surface area contributed by atoms with Crippen LogP contribution in [-0.2, 0) is 4.79 Å². The lowest BCUT2D eigenvalue weighted by molar-refractivity contribution is -0.255. The van der Waals surface area contributed by atoms with Crippen LogP contribution >= 0.6 is 0 Å². The van der Waals surface area contributed by atoms with Crippen LogP contribution < -0.4 is 21.9 Å². The first kappa shape index (κ1) is 18.1. The number of carbonyl (C=O) groups is 3. The summed E-state index contributed by atoms with van der Waals surface area (Å²) in [5, 5.41) is 13.4. The lowest BCUT2D eigenvalue weighted by atomic mass is 10.1. The third kappa shape index (κ3) is 5.77. The Morgan fingerprint density at radius 1 is 1.22 bits per heavy atom. The van der Waals surface area contributed by atoms with Gasteiger partial charge in [0.1, 0.15) is 6.04 Å². The first-order valence-electron chi connectivity index (χ1n) is 7.00. The fourth-order valence-corrected chi connectivity index (χ4v) is 1.93. The van der Waals surface area contributed by atoms with Crippen molar-refractivity contribution >= 4 is 23.6 Å². The first-order chi connectivity index (χ1) is 10.8. The molecule has 0 saturated carbocycles. The second kappa shape index (κ2) is 8.52. The third-order valence-electron chi connectivity index (χ3n) is 3.05. The molecule has 0 aliphatic carbocycles. The minimum atomic E-state index is -1.47. The van der Waals surface area contributed by atoms with Crippen LogP contribution in [0.4, 0.5) is 0 Å². The Kier molecular flexibility index (Phi) is 6.72. The number of carbonyl (C=O) groups excluding carboxylic acids is 3. The van der Waals surface area contributed by atoms with Crippen molar-refractivity contribution in [2.75, 3.05) is 6.54 Å². The van der Waals surface area contributed by atoms with Crippen LogP contribution in [0.25, 0.3) is 0 Å². The Morgan fingerprint density at radius 3 is 2.35 bits per heavy atom. The lowest BCUT2D eigenvalue weighted by Crippen LogP contribution is -2.45. The van der Waals surface area contributed by atoms with E-state index in [2.05, 4.69) is 10.3 Å². The summed E-state index contributed by atoms with van der Waals surface area (Å²) in [6.07, 6.45) is 0.760. The summed E-state index contributed by atoms with van der Waals surface area (Å²) < 4.78 is 0. The number of rotatable bonds is 8. The van der Waals surface area contributed by atoms with Crippen LogP contribution in [0, 0.1) is 0 Å². The van der Waals surface area contributed by atoms with Gasteiger partial charge in [-0.25, -0.2) is 0 Å². The second-order valence-corrected chi connectivity index (χ2v) is 4.93. The Hall–Kier alpha value is -2.90. The van der Waals surface area contributed by atoms with Crippen molar-refractivity contribution < 1.29 is 19.5 Å². The molecule has 2 amide bonds. The molecule has 8 nitrogen and oxygen atoms in total. The largest absolute Gasteiger partial charge is 0.545 e. The van der Waals surface area contributed by atoms with E-state index in [0.717, 1.165) is 0 Å². The van der Waals surface area contributed by atoms with Crippen LogP contribution in [-0.4, -0.2) is 36.2 Å². The number of amidine groups is 1. The zero-order valence-corrected chi connectivity index (χ0v) is 12.7. The predicted molar refractivity (Wildman–Crippen MR) is 82.6 cm³/mol. The molecule has 0 unspecified atom stereocenters. The molecule has 0 aliphatic rings. The Labute approximate surface area is 133 Å². The summed E-state index contributed by atoms with van der Waals surface area (Å²) in [5.41, 5.74) is 10.3. The zero-order valence-electron chi connectivity index (χ0n) is 12.7. The van der Waals surface area contributed by atoms with E-state index in [4.69, 9.17) is 11.5 Å². The summed E-state index contributed by atoms with van der Waals surface area (Å²) in [5.74, 6) is -2.46. The van der Waals surface area contributed by atoms with Crippen LogP contribution in [0.5, 0.6) is 0 Å². The van der Waals surface area contributed by atoms with Gasteiger partial charge in [-0.1, -0.05) is 18.2 Å². The Balaban J connectivity index is 2.77. The molecule has 5 N–H and O–H groups in total. The minimum Gasteiger partial charge on any atom is -0.545 e. The molecular formula is C15H19N4O4-. The van der Waals surface area contributed by atoms with E-state index >= 15 is 0 Å². The van der Waals surface area contributed by atoms with E-state index in [9.17, 15) is 19.5 Å². The monoisotopic (exact) mass is 319 g/mol. The molecule has 0 bridgehead atoms. The third-order valence-corrected chi connectivity index (χ3v) is 3.05. The van der Waals surface area contributed by atoms with Gasteiger partial charge in [0.25, 0.3) is 5.91 Å². The maximum Gasteiger partial charge on any atom is 0.252 e. The van der Waals surface area contributed by atoms with Crippen molar-refractivity contribution in [1.29, 1.82) is 0 Å². The topological polar surface area (TPSA) is 151 Å². The highest BCUT2D eigenvalue weighted by atomic mass is 16.4. The fraction of sp³-hybridized carbons (Fsp3) is 0.333. The number of carboxylic acids is 1. The van der Waals surface area contributed by atoms with E-state index in [1.165, 1.54) is 24.3 Å². The molecule has 0 spiro atoms. The van der Waals surface area contributed by atoms with Gasteiger partial charge in [0.15, 0.2) is 0 Å². The lowest BCUT2D eigenvalue weighted by Gasteiger charge is -2.16. The molecule has 0 aliphatic heterocycles. The van der Waals surface area contributed by atoms with Crippen molar-refractivity contribution in [1.82, 2.24) is 5.32 Å². The molecule has 1 rings (SSSR count). The molecule has 8 heteroatoms. The van der Waals surface area contributed by atoms with Gasteiger partial charge in [-0.3, -0.25) is 14.6 Å². The summed E-state index contributed by atoms with van der Waals surface area (Å²) in [7, 11) is 0. The smallest absolute Gasteiger partial charge is 0.252 e. The van der Waals surface area contributed by atoms with Crippen molar-refractivity contribution in [3.8, 4) is 0 Å². The Bertz CT molecular complexity index is 624. The summed E-state index contributed by atoms with van der Waals surface area (Å²) >= 11 is 0. The Morgan fingerprint density at radius 2 is 1.83 bits per heavy atom. The van der Waals surface area contributed by atoms with Gasteiger partial charge in [0, 0.05) is 17.7 Å². The molecule has 0 radical (unpaired) electrons. The number of nitrogens with two attached hydrogens (primary N) is 2.